The zero-order chi connectivity index (χ0) is 28.1. The molecular formula is C26H29BN2O9. The molecular weight excluding hydrogens is 495 g/mol. The van der Waals surface area contributed by atoms with Gasteiger partial charge in [0.15, 0.2) is 11.4 Å². The molecule has 1 amide bonds. The molecule has 1 aliphatic heterocycles. The number of phenolic OH excluding ortho intramolecular Hbond substituents is 1. The lowest BCUT2D eigenvalue weighted by molar-refractivity contribution is -0.153. The molecule has 0 aromatic heterocycles. The molecule has 3 aliphatic carbocycles. The van der Waals surface area contributed by atoms with Crippen LogP contribution in [0.5, 0.6) is 5.75 Å². The lowest BCUT2D eigenvalue weighted by atomic mass is 9.56. The number of rotatable bonds is 3. The Bertz CT molecular complexity index is 1390. The van der Waals surface area contributed by atoms with Gasteiger partial charge in [0.05, 0.1) is 17.4 Å². The number of ketones is 2. The van der Waals surface area contributed by atoms with E-state index in [2.05, 4.69) is 6.58 Å². The Labute approximate surface area is 219 Å². The van der Waals surface area contributed by atoms with E-state index < -0.39 is 70.8 Å². The number of carbonyl (C=O) groups is 3. The molecule has 0 spiro atoms. The summed E-state index contributed by atoms with van der Waals surface area (Å²) in [5, 5.41) is 44.6. The van der Waals surface area contributed by atoms with Gasteiger partial charge in [0.25, 0.3) is 5.91 Å². The van der Waals surface area contributed by atoms with Crippen molar-refractivity contribution in [3.63, 3.8) is 0 Å². The number of nitrogens with two attached hydrogens (primary N) is 1. The van der Waals surface area contributed by atoms with Crippen molar-refractivity contribution in [1.29, 1.82) is 0 Å². The number of likely N-dealkylation sites (N-methyl/N-ethyl adjacent to an activating group) is 1. The van der Waals surface area contributed by atoms with Gasteiger partial charge in [-0.15, -0.1) is 0 Å². The topological polar surface area (TPSA) is 180 Å². The van der Waals surface area contributed by atoms with Gasteiger partial charge in [0, 0.05) is 17.0 Å². The van der Waals surface area contributed by atoms with Crippen LogP contribution in [-0.4, -0.2) is 81.3 Å². The first kappa shape index (κ1) is 26.0. The van der Waals surface area contributed by atoms with E-state index >= 15 is 0 Å². The predicted molar refractivity (Wildman–Crippen MR) is 135 cm³/mol. The number of amides is 1. The molecule has 1 aromatic carbocycles. The monoisotopic (exact) mass is 524 g/mol. The maximum Gasteiger partial charge on any atom is 0.563 e. The number of fused-ring (bicyclic) bond motifs is 3. The second-order valence-corrected chi connectivity index (χ2v) is 11.0. The molecule has 4 atom stereocenters. The molecule has 11 nitrogen and oxygen atoms in total. The summed E-state index contributed by atoms with van der Waals surface area (Å²) < 4.78 is 11.9. The SMILES string of the molecule is C=C1OB(c2ccc(O)c3c2C[C@H]2C[C@H]4[C@H](N(C)C)C(=O)C(C(N)=O)=C(O)[C@@]4(O)C(=O)C2=C3O)OC1(C)C. The number of Topliss-reactive ketones (excluding diaryl/α,β-unsaturated/α-hetero) is 2. The van der Waals surface area contributed by atoms with Crippen LogP contribution in [0.3, 0.4) is 0 Å². The van der Waals surface area contributed by atoms with Crippen LogP contribution in [0.2, 0.25) is 0 Å². The Balaban J connectivity index is 1.70. The standard InChI is InChI=1S/C26H29BN2O9/c1-10-25(2,3)38-27(37-10)14-6-7-15(30)17-12(14)8-11-9-13-19(29(4)5)21(32)18(24(28)35)23(34)26(13,36)22(33)16(11)20(17)31/h6-7,11,13,19,30-31,34,36H,1,8-9H2,2-5H3,(H2,28,35)/t11-,13-,19-,26-/m0/s1. The number of aromatic hydroxyl groups is 1. The van der Waals surface area contributed by atoms with Crippen molar-refractivity contribution in [1.82, 2.24) is 4.90 Å². The third-order valence-electron chi connectivity index (χ3n) is 8.22. The molecule has 0 radical (unpaired) electrons. The van der Waals surface area contributed by atoms with Gasteiger partial charge in [-0.3, -0.25) is 19.3 Å². The second kappa shape index (κ2) is 8.19. The van der Waals surface area contributed by atoms with E-state index in [1.54, 1.807) is 34.0 Å². The number of aliphatic hydroxyl groups excluding tert-OH is 2. The summed E-state index contributed by atoms with van der Waals surface area (Å²) in [5.41, 5.74) is 1.77. The van der Waals surface area contributed by atoms with E-state index in [4.69, 9.17) is 15.0 Å². The summed E-state index contributed by atoms with van der Waals surface area (Å²) >= 11 is 0. The molecule has 6 N–H and O–H groups in total. The van der Waals surface area contributed by atoms with Crippen LogP contribution in [-0.2, 0) is 30.1 Å². The first-order chi connectivity index (χ1) is 17.6. The van der Waals surface area contributed by atoms with Gasteiger partial charge in [-0.05, 0) is 58.3 Å². The fourth-order valence-electron chi connectivity index (χ4n) is 6.24. The molecule has 2 fully saturated rings. The number of primary amides is 1. The van der Waals surface area contributed by atoms with Crippen LogP contribution in [0, 0.1) is 11.8 Å². The van der Waals surface area contributed by atoms with E-state index in [1.807, 2.05) is 0 Å². The maximum atomic E-state index is 13.9. The highest BCUT2D eigenvalue weighted by atomic mass is 16.7. The highest BCUT2D eigenvalue weighted by Gasteiger charge is 2.64. The minimum Gasteiger partial charge on any atom is -0.534 e. The fourth-order valence-corrected chi connectivity index (χ4v) is 6.24. The normalized spacial score (nSPS) is 30.3. The highest BCUT2D eigenvalue weighted by molar-refractivity contribution is 6.63. The first-order valence-electron chi connectivity index (χ1n) is 12.2. The Hall–Kier alpha value is -3.61. The summed E-state index contributed by atoms with van der Waals surface area (Å²) in [5.74, 6) is -6.61. The molecule has 1 heterocycles. The van der Waals surface area contributed by atoms with Crippen LogP contribution >= 0.6 is 0 Å². The van der Waals surface area contributed by atoms with Crippen molar-refractivity contribution in [3.05, 3.63) is 52.5 Å². The maximum absolute atomic E-state index is 13.9. The lowest BCUT2D eigenvalue weighted by Crippen LogP contribution is -2.65. The van der Waals surface area contributed by atoms with Gasteiger partial charge >= 0.3 is 7.12 Å². The number of phenols is 1. The number of hydrogen-bond acceptors (Lipinski definition) is 10. The summed E-state index contributed by atoms with van der Waals surface area (Å²) in [7, 11) is 2.22. The highest BCUT2D eigenvalue weighted by Crippen LogP contribution is 2.52. The minimum absolute atomic E-state index is 0.00849. The number of aliphatic hydroxyl groups is 3. The Morgan fingerprint density at radius 2 is 1.87 bits per heavy atom. The average molecular weight is 524 g/mol. The van der Waals surface area contributed by atoms with Crippen molar-refractivity contribution in [2.75, 3.05) is 14.1 Å². The van der Waals surface area contributed by atoms with Crippen LogP contribution in [0.15, 0.2) is 41.4 Å². The largest absolute Gasteiger partial charge is 0.563 e. The molecule has 5 rings (SSSR count). The average Bonchev–Trinajstić information content (AvgIpc) is 3.07. The van der Waals surface area contributed by atoms with E-state index in [1.165, 1.54) is 11.0 Å². The van der Waals surface area contributed by atoms with E-state index in [0.29, 0.717) is 16.8 Å². The van der Waals surface area contributed by atoms with Gasteiger partial charge in [-0.2, -0.15) is 0 Å². The quantitative estimate of drug-likeness (QED) is 0.267. The number of nitrogens with zero attached hydrogens (tertiary/aromatic N) is 1. The van der Waals surface area contributed by atoms with Crippen molar-refractivity contribution < 1.29 is 44.1 Å². The Morgan fingerprint density at radius 3 is 2.42 bits per heavy atom. The zero-order valence-electron chi connectivity index (χ0n) is 21.4. The van der Waals surface area contributed by atoms with Crippen LogP contribution < -0.4 is 11.2 Å². The van der Waals surface area contributed by atoms with Gasteiger partial charge in [0.2, 0.25) is 5.78 Å². The van der Waals surface area contributed by atoms with Gasteiger partial charge < -0.3 is 35.5 Å². The second-order valence-electron chi connectivity index (χ2n) is 11.0. The summed E-state index contributed by atoms with van der Waals surface area (Å²) in [6.07, 6.45) is 0.125. The smallest absolute Gasteiger partial charge is 0.534 e. The van der Waals surface area contributed by atoms with Gasteiger partial charge in [-0.1, -0.05) is 12.6 Å². The van der Waals surface area contributed by atoms with Crippen LogP contribution in [0.4, 0.5) is 0 Å². The summed E-state index contributed by atoms with van der Waals surface area (Å²) in [6, 6.07) is 1.79. The third-order valence-corrected chi connectivity index (χ3v) is 8.22. The van der Waals surface area contributed by atoms with Crippen molar-refractivity contribution in [2.45, 2.75) is 43.9 Å². The van der Waals surface area contributed by atoms with E-state index in [9.17, 15) is 34.8 Å². The predicted octanol–water partition coefficient (Wildman–Crippen LogP) is -0.00170. The molecule has 200 valence electrons. The fraction of sp³-hybridized carbons (Fsp3) is 0.423. The number of benzene rings is 1. The van der Waals surface area contributed by atoms with E-state index in [0.717, 1.165) is 0 Å². The Kier molecular flexibility index (Phi) is 5.61. The number of hydrogen-bond donors (Lipinski definition) is 5. The van der Waals surface area contributed by atoms with Gasteiger partial charge in [0.1, 0.15) is 28.4 Å². The lowest BCUT2D eigenvalue weighted by Gasteiger charge is -2.50. The summed E-state index contributed by atoms with van der Waals surface area (Å²) in [6.45, 7) is 7.47. The first-order valence-corrected chi connectivity index (χ1v) is 12.2. The Morgan fingerprint density at radius 1 is 1.21 bits per heavy atom. The van der Waals surface area contributed by atoms with Crippen LogP contribution in [0.25, 0.3) is 5.76 Å². The molecule has 1 saturated carbocycles. The minimum atomic E-state index is -2.68. The molecule has 12 heteroatoms. The molecule has 0 unspecified atom stereocenters. The molecule has 38 heavy (non-hydrogen) atoms. The van der Waals surface area contributed by atoms with Crippen molar-refractivity contribution >= 4 is 35.8 Å². The molecule has 0 bridgehead atoms. The molecule has 1 saturated heterocycles. The third kappa shape index (κ3) is 3.30. The zero-order valence-corrected chi connectivity index (χ0v) is 21.4. The molecule has 1 aromatic rings. The van der Waals surface area contributed by atoms with Gasteiger partial charge in [-0.25, -0.2) is 0 Å². The number of carbonyl (C=O) groups excluding carboxylic acids is 3. The van der Waals surface area contributed by atoms with Crippen molar-refractivity contribution in [3.8, 4) is 5.75 Å². The van der Waals surface area contributed by atoms with E-state index in [-0.39, 0.29) is 29.7 Å². The summed E-state index contributed by atoms with van der Waals surface area (Å²) in [4.78, 5) is 40.6. The molecule has 4 aliphatic rings. The van der Waals surface area contributed by atoms with Crippen LogP contribution in [0.1, 0.15) is 31.4 Å². The van der Waals surface area contributed by atoms with Crippen molar-refractivity contribution in [2.24, 2.45) is 17.6 Å².